The summed E-state index contributed by atoms with van der Waals surface area (Å²) in [5.41, 5.74) is 2.37. The van der Waals surface area contributed by atoms with Crippen molar-refractivity contribution in [1.82, 2.24) is 15.0 Å². The van der Waals surface area contributed by atoms with Gasteiger partial charge in [0.15, 0.2) is 5.82 Å². The van der Waals surface area contributed by atoms with Crippen molar-refractivity contribution in [2.24, 2.45) is 4.99 Å². The second kappa shape index (κ2) is 5.85. The number of aromatic hydroxyl groups is 1. The van der Waals surface area contributed by atoms with Crippen molar-refractivity contribution in [2.45, 2.75) is 18.9 Å². The minimum Gasteiger partial charge on any atom is -0.492 e. The molecule has 2 aliphatic rings. The molecule has 23 heavy (non-hydrogen) atoms. The second-order valence-corrected chi connectivity index (χ2v) is 5.57. The molecule has 0 bridgehead atoms. The van der Waals surface area contributed by atoms with E-state index in [0.29, 0.717) is 24.0 Å². The first kappa shape index (κ1) is 14.0. The molecule has 2 aromatic rings. The summed E-state index contributed by atoms with van der Waals surface area (Å²) < 4.78 is 5.56. The molecule has 2 aliphatic heterocycles. The number of rotatable bonds is 4. The predicted octanol–water partition coefficient (Wildman–Crippen LogP) is 2.36. The molecule has 0 aromatic carbocycles. The minimum absolute atomic E-state index is 0.0434. The van der Waals surface area contributed by atoms with Crippen LogP contribution in [0.15, 0.2) is 23.3 Å². The first-order chi connectivity index (χ1) is 11.3. The van der Waals surface area contributed by atoms with Crippen molar-refractivity contribution in [3.63, 3.8) is 0 Å². The molecule has 4 heterocycles. The molecular formula is C16H17N5O2. The van der Waals surface area contributed by atoms with Crippen LogP contribution in [0.4, 0.5) is 11.8 Å². The number of allylic oxidation sites excluding steroid dienone is 1. The van der Waals surface area contributed by atoms with Crippen molar-refractivity contribution in [3.05, 3.63) is 29.6 Å². The average Bonchev–Trinajstić information content (AvgIpc) is 3.28. The third kappa shape index (κ3) is 2.83. The van der Waals surface area contributed by atoms with E-state index in [2.05, 4.69) is 25.3 Å². The van der Waals surface area contributed by atoms with Gasteiger partial charge in [-0.15, -0.1) is 0 Å². The number of imidazole rings is 1. The van der Waals surface area contributed by atoms with Crippen LogP contribution in [0.1, 0.15) is 24.1 Å². The Hall–Kier alpha value is -2.67. The maximum absolute atomic E-state index is 10.0. The number of anilines is 1. The standard InChI is InChI=1S/C16H17N5O2/c22-15-13(7-10-8-18-14-12(10)4-1-5-17-14)20-16(21-15)19-9-11-3-2-6-23-11/h1,4-5,7-8,11,22H,2-3,6,9H2,(H2,19,20,21). The topological polar surface area (TPSA) is 95.4 Å². The number of fused-ring (bicyclic) bond motifs is 1. The highest BCUT2D eigenvalue weighted by molar-refractivity contribution is 6.20. The predicted molar refractivity (Wildman–Crippen MR) is 88.0 cm³/mol. The van der Waals surface area contributed by atoms with Crippen molar-refractivity contribution < 1.29 is 9.84 Å². The molecule has 1 atom stereocenters. The molecule has 7 heteroatoms. The van der Waals surface area contributed by atoms with E-state index < -0.39 is 0 Å². The van der Waals surface area contributed by atoms with E-state index in [-0.39, 0.29) is 12.0 Å². The van der Waals surface area contributed by atoms with Crippen LogP contribution in [0.3, 0.4) is 0 Å². The zero-order valence-electron chi connectivity index (χ0n) is 12.5. The van der Waals surface area contributed by atoms with Crippen molar-refractivity contribution in [1.29, 1.82) is 0 Å². The summed E-state index contributed by atoms with van der Waals surface area (Å²) in [6, 6.07) is 3.81. The fraction of sp³-hybridized carbons (Fsp3) is 0.312. The van der Waals surface area contributed by atoms with Crippen molar-refractivity contribution >= 4 is 29.6 Å². The van der Waals surface area contributed by atoms with Crippen molar-refractivity contribution in [3.8, 4) is 5.88 Å². The first-order valence-corrected chi connectivity index (χ1v) is 7.65. The van der Waals surface area contributed by atoms with Gasteiger partial charge >= 0.3 is 0 Å². The number of nitrogens with one attached hydrogen (secondary N) is 2. The molecule has 118 valence electrons. The van der Waals surface area contributed by atoms with E-state index in [1.54, 1.807) is 12.4 Å². The Morgan fingerprint density at radius 2 is 2.43 bits per heavy atom. The molecule has 0 aliphatic carbocycles. The summed E-state index contributed by atoms with van der Waals surface area (Å²) in [6.45, 7) is 1.50. The zero-order chi connectivity index (χ0) is 15.6. The van der Waals surface area contributed by atoms with E-state index >= 15 is 0 Å². The van der Waals surface area contributed by atoms with E-state index in [1.807, 2.05) is 18.2 Å². The Balaban J connectivity index is 1.51. The Morgan fingerprint density at radius 1 is 1.48 bits per heavy atom. The Labute approximate surface area is 133 Å². The average molecular weight is 311 g/mol. The van der Waals surface area contributed by atoms with E-state index in [1.165, 1.54) is 0 Å². The number of ether oxygens (including phenoxy) is 1. The molecule has 1 saturated heterocycles. The van der Waals surface area contributed by atoms with E-state index in [4.69, 9.17) is 4.74 Å². The molecule has 1 fully saturated rings. The highest BCUT2D eigenvalue weighted by Gasteiger charge is 2.17. The van der Waals surface area contributed by atoms with Crippen molar-refractivity contribution in [2.75, 3.05) is 18.5 Å². The van der Waals surface area contributed by atoms with Crippen LogP contribution in [0.25, 0.3) is 11.6 Å². The summed E-state index contributed by atoms with van der Waals surface area (Å²) in [7, 11) is 0. The van der Waals surface area contributed by atoms with Crippen LogP contribution in [-0.2, 0) is 4.74 Å². The summed E-state index contributed by atoms with van der Waals surface area (Å²) >= 11 is 0. The van der Waals surface area contributed by atoms with E-state index in [9.17, 15) is 5.11 Å². The fourth-order valence-electron chi connectivity index (χ4n) is 2.77. The van der Waals surface area contributed by atoms with Gasteiger partial charge in [-0.1, -0.05) is 0 Å². The monoisotopic (exact) mass is 311 g/mol. The van der Waals surface area contributed by atoms with Gasteiger partial charge in [0, 0.05) is 36.7 Å². The fourth-order valence-corrected chi connectivity index (χ4v) is 2.77. The SMILES string of the molecule is Oc1nc(NCC2CCCO2)[nH]c1C=C1C=Nc2ncccc21. The number of pyridine rings is 1. The molecule has 0 spiro atoms. The van der Waals surface area contributed by atoms with Gasteiger partial charge in [0.2, 0.25) is 11.8 Å². The smallest absolute Gasteiger partial charge is 0.238 e. The summed E-state index contributed by atoms with van der Waals surface area (Å²) in [4.78, 5) is 15.6. The number of aliphatic imine (C=N–C) groups is 1. The van der Waals surface area contributed by atoms with Crippen LogP contribution < -0.4 is 5.32 Å². The number of hydrogen-bond donors (Lipinski definition) is 3. The van der Waals surface area contributed by atoms with Gasteiger partial charge in [-0.2, -0.15) is 4.98 Å². The molecule has 0 amide bonds. The highest BCUT2D eigenvalue weighted by atomic mass is 16.5. The second-order valence-electron chi connectivity index (χ2n) is 5.57. The molecule has 4 rings (SSSR count). The van der Waals surface area contributed by atoms with Crippen LogP contribution in [-0.4, -0.2) is 45.5 Å². The molecule has 0 saturated carbocycles. The maximum Gasteiger partial charge on any atom is 0.238 e. The van der Waals surface area contributed by atoms with Gasteiger partial charge in [0.25, 0.3) is 0 Å². The lowest BCUT2D eigenvalue weighted by atomic mass is 10.1. The lowest BCUT2D eigenvalue weighted by molar-refractivity contribution is 0.120. The highest BCUT2D eigenvalue weighted by Crippen LogP contribution is 2.31. The summed E-state index contributed by atoms with van der Waals surface area (Å²) in [6.07, 6.45) is 7.62. The van der Waals surface area contributed by atoms with Crippen LogP contribution in [0, 0.1) is 0 Å². The summed E-state index contributed by atoms with van der Waals surface area (Å²) in [5, 5.41) is 13.2. The van der Waals surface area contributed by atoms with Gasteiger partial charge in [-0.25, -0.2) is 9.98 Å². The molecule has 3 N–H and O–H groups in total. The van der Waals surface area contributed by atoms with E-state index in [0.717, 1.165) is 30.6 Å². The maximum atomic E-state index is 10.0. The van der Waals surface area contributed by atoms with Gasteiger partial charge in [0.05, 0.1) is 6.10 Å². The van der Waals surface area contributed by atoms with Crippen LogP contribution in [0.5, 0.6) is 5.88 Å². The number of nitrogens with zero attached hydrogens (tertiary/aromatic N) is 3. The molecule has 7 nitrogen and oxygen atoms in total. The third-order valence-corrected chi connectivity index (χ3v) is 3.96. The molecular weight excluding hydrogens is 294 g/mol. The zero-order valence-corrected chi connectivity index (χ0v) is 12.5. The number of H-pyrrole nitrogens is 1. The Kier molecular flexibility index (Phi) is 3.55. The van der Waals surface area contributed by atoms with Crippen LogP contribution >= 0.6 is 0 Å². The van der Waals surface area contributed by atoms with Gasteiger partial charge < -0.3 is 20.1 Å². The quantitative estimate of drug-likeness (QED) is 0.805. The lowest BCUT2D eigenvalue weighted by Gasteiger charge is -2.09. The molecule has 2 aromatic heterocycles. The Bertz CT molecular complexity index is 775. The Morgan fingerprint density at radius 3 is 3.30 bits per heavy atom. The largest absolute Gasteiger partial charge is 0.492 e. The first-order valence-electron chi connectivity index (χ1n) is 7.65. The number of aromatic nitrogens is 3. The lowest BCUT2D eigenvalue weighted by Crippen LogP contribution is -2.18. The van der Waals surface area contributed by atoms with Gasteiger partial charge in [0.1, 0.15) is 5.69 Å². The minimum atomic E-state index is -0.0434. The third-order valence-electron chi connectivity index (χ3n) is 3.96. The molecule has 0 radical (unpaired) electrons. The van der Waals surface area contributed by atoms with Crippen LogP contribution in [0.2, 0.25) is 0 Å². The summed E-state index contributed by atoms with van der Waals surface area (Å²) in [5.74, 6) is 1.18. The molecule has 1 unspecified atom stereocenters. The number of aromatic amines is 1. The van der Waals surface area contributed by atoms with Gasteiger partial charge in [-0.3, -0.25) is 0 Å². The number of hydrogen-bond acceptors (Lipinski definition) is 6. The van der Waals surface area contributed by atoms with Gasteiger partial charge in [-0.05, 0) is 31.1 Å². The normalized spacial score (nSPS) is 21.0.